The van der Waals surface area contributed by atoms with E-state index in [4.69, 9.17) is 0 Å². The minimum absolute atomic E-state index is 0.0602. The van der Waals surface area contributed by atoms with Crippen LogP contribution in [-0.4, -0.2) is 86.2 Å². The molecule has 14 nitrogen and oxygen atoms in total. The molecule has 0 bridgehead atoms. The van der Waals surface area contributed by atoms with Crippen LogP contribution < -0.4 is 30.1 Å². The van der Waals surface area contributed by atoms with Gasteiger partial charge in [-0.3, -0.25) is 24.2 Å². The highest BCUT2D eigenvalue weighted by Gasteiger charge is 2.35. The van der Waals surface area contributed by atoms with E-state index >= 15 is 0 Å². The molecule has 2 aliphatic heterocycles. The van der Waals surface area contributed by atoms with Crippen LogP contribution >= 0.6 is 0 Å². The van der Waals surface area contributed by atoms with Gasteiger partial charge in [0, 0.05) is 94.3 Å². The van der Waals surface area contributed by atoms with Crippen molar-refractivity contribution >= 4 is 56.6 Å². The van der Waals surface area contributed by atoms with Gasteiger partial charge in [0.05, 0.1) is 6.26 Å². The van der Waals surface area contributed by atoms with Gasteiger partial charge in [-0.05, 0) is 48.0 Å². The molecule has 18 heteroatoms. The maximum Gasteiger partial charge on any atom is 0.421 e. The number of pyridine rings is 1. The minimum atomic E-state index is -4.74. The van der Waals surface area contributed by atoms with Gasteiger partial charge in [-0.15, -0.1) is 0 Å². The average molecular weight is 739 g/mol. The third-order valence-corrected chi connectivity index (χ3v) is 9.91. The van der Waals surface area contributed by atoms with Crippen LogP contribution in [0.5, 0.6) is 0 Å². The van der Waals surface area contributed by atoms with Crippen LogP contribution in [-0.2, 0) is 34.1 Å². The predicted molar refractivity (Wildman–Crippen MR) is 191 cm³/mol. The minimum Gasteiger partial charge on any atom is -0.369 e. The summed E-state index contributed by atoms with van der Waals surface area (Å²) in [5.41, 5.74) is 2.65. The fourth-order valence-corrected chi connectivity index (χ4v) is 6.39. The zero-order valence-corrected chi connectivity index (χ0v) is 29.2. The Balaban J connectivity index is 1.06. The Labute approximate surface area is 298 Å². The smallest absolute Gasteiger partial charge is 0.369 e. The lowest BCUT2D eigenvalue weighted by molar-refractivity contribution is -0.137. The molecule has 3 amide bonds. The molecule has 4 aromatic rings. The van der Waals surface area contributed by atoms with Gasteiger partial charge in [0.2, 0.25) is 21.9 Å². The standard InChI is InChI=1S/C34H37F3N10O4S/c1-44(52(2,50)51)31-24(6-4-13-38-31)20-39-30-28(34(35,36)37)21-40-32(43-30)41-25-8-10-26(11-9-25)46-17-15-45(16-18-46)22-23-5-3-7-27(19-23)47-14-12-29(48)42-33(47)49/h3-11,13,19,21H,12,14-18,20,22H2,1-2H3,(H,42,48,49)(H2,39,40,41,43). The lowest BCUT2D eigenvalue weighted by Gasteiger charge is -2.36. The fraction of sp³-hybridized carbons (Fsp3) is 0.324. The number of amides is 3. The number of nitrogens with zero attached hydrogens (tertiary/aromatic N) is 7. The molecule has 2 aromatic heterocycles. The lowest BCUT2D eigenvalue weighted by atomic mass is 10.1. The number of aromatic nitrogens is 3. The first-order valence-corrected chi connectivity index (χ1v) is 18.2. The molecule has 0 aliphatic carbocycles. The van der Waals surface area contributed by atoms with E-state index in [1.807, 2.05) is 36.4 Å². The Morgan fingerprint density at radius 1 is 0.942 bits per heavy atom. The second-order valence-electron chi connectivity index (χ2n) is 12.4. The summed E-state index contributed by atoms with van der Waals surface area (Å²) in [5, 5.41) is 8.01. The van der Waals surface area contributed by atoms with E-state index in [0.29, 0.717) is 30.5 Å². The molecule has 0 unspecified atom stereocenters. The molecule has 2 saturated heterocycles. The Bertz CT molecular complexity index is 2040. The number of nitrogens with one attached hydrogen (secondary N) is 3. The van der Waals surface area contributed by atoms with Crippen molar-refractivity contribution < 1.29 is 31.2 Å². The van der Waals surface area contributed by atoms with Crippen LogP contribution in [0, 0.1) is 0 Å². The van der Waals surface area contributed by atoms with Crippen molar-refractivity contribution in [1.29, 1.82) is 0 Å². The molecule has 52 heavy (non-hydrogen) atoms. The molecule has 4 heterocycles. The summed E-state index contributed by atoms with van der Waals surface area (Å²) in [6.45, 7) is 4.05. The van der Waals surface area contributed by atoms with Gasteiger partial charge >= 0.3 is 12.2 Å². The van der Waals surface area contributed by atoms with E-state index in [0.717, 1.165) is 53.7 Å². The summed E-state index contributed by atoms with van der Waals surface area (Å²) in [7, 11) is -2.35. The van der Waals surface area contributed by atoms with Crippen molar-refractivity contribution in [1.82, 2.24) is 25.2 Å². The highest BCUT2D eigenvalue weighted by atomic mass is 32.2. The summed E-state index contributed by atoms with van der Waals surface area (Å²) in [6.07, 6.45) is -1.38. The zero-order valence-electron chi connectivity index (χ0n) is 28.4. The number of hydrogen-bond acceptors (Lipinski definition) is 11. The number of piperazine rings is 1. The molecule has 0 radical (unpaired) electrons. The largest absolute Gasteiger partial charge is 0.421 e. The number of benzene rings is 2. The lowest BCUT2D eigenvalue weighted by Crippen LogP contribution is -2.49. The molecular formula is C34H37F3N10O4S. The van der Waals surface area contributed by atoms with Gasteiger partial charge in [0.15, 0.2) is 0 Å². The summed E-state index contributed by atoms with van der Waals surface area (Å²) < 4.78 is 66.8. The van der Waals surface area contributed by atoms with E-state index < -0.39 is 33.6 Å². The van der Waals surface area contributed by atoms with Gasteiger partial charge in [-0.1, -0.05) is 18.2 Å². The topological polar surface area (TPSA) is 156 Å². The molecular weight excluding hydrogens is 702 g/mol. The van der Waals surface area contributed by atoms with Crippen molar-refractivity contribution in [2.75, 3.05) is 70.8 Å². The summed E-state index contributed by atoms with van der Waals surface area (Å²) in [5.74, 6) is -0.727. The van der Waals surface area contributed by atoms with Crippen LogP contribution in [0.1, 0.15) is 23.1 Å². The average Bonchev–Trinajstić information content (AvgIpc) is 3.10. The zero-order chi connectivity index (χ0) is 37.0. The van der Waals surface area contributed by atoms with E-state index in [1.165, 1.54) is 13.2 Å². The number of carbonyl (C=O) groups excluding carboxylic acids is 2. The van der Waals surface area contributed by atoms with Crippen molar-refractivity contribution in [2.24, 2.45) is 0 Å². The van der Waals surface area contributed by atoms with E-state index in [1.54, 1.807) is 29.2 Å². The van der Waals surface area contributed by atoms with Crippen molar-refractivity contribution in [3.8, 4) is 0 Å². The molecule has 274 valence electrons. The SMILES string of the molecule is CN(c1ncccc1CNc1nc(Nc2ccc(N3CCN(Cc4cccc(N5CCC(=O)NC5=O)c4)CC3)cc2)ncc1C(F)(F)F)S(C)(=O)=O. The first-order chi connectivity index (χ1) is 24.7. The van der Waals surface area contributed by atoms with Crippen molar-refractivity contribution in [3.63, 3.8) is 0 Å². The molecule has 0 spiro atoms. The molecule has 2 aromatic carbocycles. The molecule has 6 rings (SSSR count). The van der Waals surface area contributed by atoms with Crippen LogP contribution in [0.2, 0.25) is 0 Å². The summed E-state index contributed by atoms with van der Waals surface area (Å²) in [6, 6.07) is 17.9. The quantitative estimate of drug-likeness (QED) is 0.200. The predicted octanol–water partition coefficient (Wildman–Crippen LogP) is 4.41. The van der Waals surface area contributed by atoms with Gasteiger partial charge in [-0.2, -0.15) is 18.2 Å². The number of anilines is 6. The maximum absolute atomic E-state index is 13.9. The number of imide groups is 1. The van der Waals surface area contributed by atoms with Crippen molar-refractivity contribution in [3.05, 3.63) is 89.7 Å². The molecule has 0 saturated carbocycles. The van der Waals surface area contributed by atoms with Gasteiger partial charge < -0.3 is 15.5 Å². The monoisotopic (exact) mass is 738 g/mol. The van der Waals surface area contributed by atoms with Crippen LogP contribution in [0.25, 0.3) is 0 Å². The van der Waals surface area contributed by atoms with E-state index in [-0.39, 0.29) is 30.6 Å². The summed E-state index contributed by atoms with van der Waals surface area (Å²) in [4.78, 5) is 42.1. The first kappa shape index (κ1) is 36.3. The highest BCUT2D eigenvalue weighted by molar-refractivity contribution is 7.92. The molecule has 0 atom stereocenters. The second-order valence-corrected chi connectivity index (χ2v) is 14.4. The van der Waals surface area contributed by atoms with E-state index in [9.17, 15) is 31.2 Å². The maximum atomic E-state index is 13.9. The molecule has 2 aliphatic rings. The normalized spacial score (nSPS) is 15.7. The number of rotatable bonds is 11. The van der Waals surface area contributed by atoms with Gasteiger partial charge in [0.1, 0.15) is 17.2 Å². The van der Waals surface area contributed by atoms with Gasteiger partial charge in [-0.25, -0.2) is 23.2 Å². The number of halogens is 3. The fourth-order valence-electron chi connectivity index (χ4n) is 5.91. The third kappa shape index (κ3) is 8.68. The Morgan fingerprint density at radius 3 is 2.38 bits per heavy atom. The highest BCUT2D eigenvalue weighted by Crippen LogP contribution is 2.35. The number of alkyl halides is 3. The first-order valence-electron chi connectivity index (χ1n) is 16.4. The Morgan fingerprint density at radius 2 is 1.69 bits per heavy atom. The van der Waals surface area contributed by atoms with Crippen LogP contribution in [0.4, 0.5) is 52.6 Å². The molecule has 2 fully saturated rings. The van der Waals surface area contributed by atoms with Crippen molar-refractivity contribution in [2.45, 2.75) is 25.7 Å². The van der Waals surface area contributed by atoms with E-state index in [2.05, 4.69) is 40.7 Å². The second kappa shape index (κ2) is 15.0. The number of urea groups is 1. The number of carbonyl (C=O) groups is 2. The number of sulfonamides is 1. The van der Waals surface area contributed by atoms with Crippen LogP contribution in [0.3, 0.4) is 0 Å². The molecule has 3 N–H and O–H groups in total. The summed E-state index contributed by atoms with van der Waals surface area (Å²) >= 11 is 0. The van der Waals surface area contributed by atoms with Crippen LogP contribution in [0.15, 0.2) is 73.1 Å². The Hall–Kier alpha value is -5.49. The number of hydrogen-bond donors (Lipinski definition) is 3. The third-order valence-electron chi connectivity index (χ3n) is 8.75. The van der Waals surface area contributed by atoms with Gasteiger partial charge in [0.25, 0.3) is 0 Å². The Kier molecular flexibility index (Phi) is 10.5.